The summed E-state index contributed by atoms with van der Waals surface area (Å²) in [6.45, 7) is 0. The van der Waals surface area contributed by atoms with Gasteiger partial charge in [0.2, 0.25) is 0 Å². The minimum absolute atomic E-state index is 0.140. The van der Waals surface area contributed by atoms with E-state index in [1.807, 2.05) is 0 Å². The van der Waals surface area contributed by atoms with Crippen molar-refractivity contribution in [1.82, 2.24) is 0 Å². The van der Waals surface area contributed by atoms with Crippen molar-refractivity contribution < 1.29 is 0 Å². The molecule has 0 aromatic heterocycles. The first kappa shape index (κ1) is 9.82. The van der Waals surface area contributed by atoms with Gasteiger partial charge < -0.3 is 11.5 Å². The third-order valence-electron chi connectivity index (χ3n) is 3.56. The second-order valence-electron chi connectivity index (χ2n) is 4.58. The minimum atomic E-state index is 0.140. The summed E-state index contributed by atoms with van der Waals surface area (Å²) >= 11 is 0. The normalized spacial score (nSPS) is 24.4. The molecule has 0 aliphatic heterocycles. The molecular formula is C14H16N2. The van der Waals surface area contributed by atoms with Crippen LogP contribution in [0.15, 0.2) is 36.4 Å². The van der Waals surface area contributed by atoms with Crippen LogP contribution in [-0.2, 0) is 0 Å². The molecule has 2 atom stereocenters. The van der Waals surface area contributed by atoms with Crippen molar-refractivity contribution in [3.8, 4) is 0 Å². The van der Waals surface area contributed by atoms with Gasteiger partial charge in [0.15, 0.2) is 0 Å². The molecule has 0 radical (unpaired) electrons. The maximum Gasteiger partial charge on any atom is 0.0305 e. The van der Waals surface area contributed by atoms with Crippen molar-refractivity contribution in [2.24, 2.45) is 11.5 Å². The quantitative estimate of drug-likeness (QED) is 0.705. The predicted octanol–water partition coefficient (Wildman–Crippen LogP) is 2.63. The topological polar surface area (TPSA) is 52.0 Å². The standard InChI is InChI=1S/C14H16N2/c15-12-7-8-13(16)14-10-4-2-1-3-9(10)5-6-11(12)14/h1-6,12-13H,7-8,15-16H2/t12-,13+/m1/s1. The fourth-order valence-corrected chi connectivity index (χ4v) is 2.71. The van der Waals surface area contributed by atoms with E-state index in [4.69, 9.17) is 11.5 Å². The Hall–Kier alpha value is -1.38. The number of rotatable bonds is 0. The summed E-state index contributed by atoms with van der Waals surface area (Å²) in [5.74, 6) is 0. The van der Waals surface area contributed by atoms with Crippen LogP contribution in [0.25, 0.3) is 10.8 Å². The summed E-state index contributed by atoms with van der Waals surface area (Å²) in [5, 5.41) is 2.52. The van der Waals surface area contributed by atoms with E-state index in [-0.39, 0.29) is 12.1 Å². The van der Waals surface area contributed by atoms with E-state index in [2.05, 4.69) is 36.4 Å². The number of hydrogen-bond acceptors (Lipinski definition) is 2. The molecule has 0 saturated carbocycles. The fourth-order valence-electron chi connectivity index (χ4n) is 2.71. The van der Waals surface area contributed by atoms with Crippen molar-refractivity contribution in [3.05, 3.63) is 47.5 Å². The van der Waals surface area contributed by atoms with E-state index < -0.39 is 0 Å². The van der Waals surface area contributed by atoms with E-state index in [1.54, 1.807) is 0 Å². The molecule has 0 spiro atoms. The first-order valence-electron chi connectivity index (χ1n) is 5.80. The third-order valence-corrected chi connectivity index (χ3v) is 3.56. The smallest absolute Gasteiger partial charge is 0.0305 e. The van der Waals surface area contributed by atoms with Crippen molar-refractivity contribution in [2.75, 3.05) is 0 Å². The predicted molar refractivity (Wildman–Crippen MR) is 67.0 cm³/mol. The highest BCUT2D eigenvalue weighted by molar-refractivity contribution is 5.87. The molecule has 0 fully saturated rings. The van der Waals surface area contributed by atoms with Crippen LogP contribution >= 0.6 is 0 Å². The number of hydrogen-bond donors (Lipinski definition) is 2. The van der Waals surface area contributed by atoms with Crippen molar-refractivity contribution >= 4 is 10.8 Å². The summed E-state index contributed by atoms with van der Waals surface area (Å²) in [5.41, 5.74) is 14.9. The molecule has 2 aromatic carbocycles. The molecule has 2 nitrogen and oxygen atoms in total. The molecule has 3 rings (SSSR count). The fraction of sp³-hybridized carbons (Fsp3) is 0.286. The molecule has 82 valence electrons. The maximum atomic E-state index is 6.22. The van der Waals surface area contributed by atoms with E-state index >= 15 is 0 Å². The summed E-state index contributed by atoms with van der Waals surface area (Å²) in [7, 11) is 0. The molecule has 1 aliphatic rings. The molecule has 0 heterocycles. The lowest BCUT2D eigenvalue weighted by Crippen LogP contribution is -2.24. The van der Waals surface area contributed by atoms with E-state index in [0.29, 0.717) is 0 Å². The second-order valence-corrected chi connectivity index (χ2v) is 4.58. The van der Waals surface area contributed by atoms with Crippen LogP contribution in [0.3, 0.4) is 0 Å². The van der Waals surface area contributed by atoms with Crippen LogP contribution in [0.1, 0.15) is 36.1 Å². The molecular weight excluding hydrogens is 196 g/mol. The molecule has 16 heavy (non-hydrogen) atoms. The van der Waals surface area contributed by atoms with Gasteiger partial charge in [-0.2, -0.15) is 0 Å². The minimum Gasteiger partial charge on any atom is -0.324 e. The Bertz CT molecular complexity index is 533. The summed E-state index contributed by atoms with van der Waals surface area (Å²) < 4.78 is 0. The SMILES string of the molecule is N[C@@H]1CC[C@H](N)c2c1ccc1ccccc21. The Morgan fingerprint density at radius 2 is 1.62 bits per heavy atom. The second kappa shape index (κ2) is 3.58. The Morgan fingerprint density at radius 1 is 0.875 bits per heavy atom. The molecule has 0 amide bonds. The van der Waals surface area contributed by atoms with Crippen LogP contribution in [-0.4, -0.2) is 0 Å². The zero-order valence-electron chi connectivity index (χ0n) is 9.19. The van der Waals surface area contributed by atoms with Gasteiger partial charge in [-0.15, -0.1) is 0 Å². The zero-order chi connectivity index (χ0) is 11.1. The van der Waals surface area contributed by atoms with Gasteiger partial charge in [0.05, 0.1) is 0 Å². The van der Waals surface area contributed by atoms with E-state index in [0.717, 1.165) is 12.8 Å². The highest BCUT2D eigenvalue weighted by Crippen LogP contribution is 2.37. The Labute approximate surface area is 95.2 Å². The molecule has 0 bridgehead atoms. The molecule has 2 aromatic rings. The largest absolute Gasteiger partial charge is 0.324 e. The van der Waals surface area contributed by atoms with Gasteiger partial charge in [0.1, 0.15) is 0 Å². The zero-order valence-corrected chi connectivity index (χ0v) is 9.19. The number of nitrogens with two attached hydrogens (primary N) is 2. The van der Waals surface area contributed by atoms with Gasteiger partial charge in [-0.3, -0.25) is 0 Å². The summed E-state index contributed by atoms with van der Waals surface area (Å²) in [4.78, 5) is 0. The molecule has 1 aliphatic carbocycles. The first-order valence-corrected chi connectivity index (χ1v) is 5.80. The average molecular weight is 212 g/mol. The molecule has 2 heteroatoms. The van der Waals surface area contributed by atoms with Gasteiger partial charge in [0, 0.05) is 12.1 Å². The van der Waals surface area contributed by atoms with Gasteiger partial charge >= 0.3 is 0 Å². The average Bonchev–Trinajstić information content (AvgIpc) is 2.33. The lowest BCUT2D eigenvalue weighted by atomic mass is 9.82. The van der Waals surface area contributed by atoms with Crippen molar-refractivity contribution in [3.63, 3.8) is 0 Å². The lowest BCUT2D eigenvalue weighted by Gasteiger charge is -2.28. The Kier molecular flexibility index (Phi) is 2.20. The molecule has 4 N–H and O–H groups in total. The van der Waals surface area contributed by atoms with Gasteiger partial charge in [-0.05, 0) is 34.7 Å². The highest BCUT2D eigenvalue weighted by Gasteiger charge is 2.24. The van der Waals surface area contributed by atoms with Crippen molar-refractivity contribution in [2.45, 2.75) is 24.9 Å². The van der Waals surface area contributed by atoms with Crippen LogP contribution in [0.5, 0.6) is 0 Å². The van der Waals surface area contributed by atoms with E-state index in [1.165, 1.54) is 21.9 Å². The Balaban J connectivity index is 2.35. The summed E-state index contributed by atoms with van der Waals surface area (Å²) in [6, 6.07) is 13.0. The third kappa shape index (κ3) is 1.34. The van der Waals surface area contributed by atoms with Crippen LogP contribution < -0.4 is 11.5 Å². The monoisotopic (exact) mass is 212 g/mol. The van der Waals surface area contributed by atoms with Gasteiger partial charge in [0.25, 0.3) is 0 Å². The van der Waals surface area contributed by atoms with Gasteiger partial charge in [-0.1, -0.05) is 36.4 Å². The molecule has 0 unspecified atom stereocenters. The van der Waals surface area contributed by atoms with Crippen molar-refractivity contribution in [1.29, 1.82) is 0 Å². The lowest BCUT2D eigenvalue weighted by molar-refractivity contribution is 0.504. The van der Waals surface area contributed by atoms with Gasteiger partial charge in [-0.25, -0.2) is 0 Å². The number of fused-ring (bicyclic) bond motifs is 3. The maximum absolute atomic E-state index is 6.22. The van der Waals surface area contributed by atoms with E-state index in [9.17, 15) is 0 Å². The van der Waals surface area contributed by atoms with Crippen LogP contribution in [0.2, 0.25) is 0 Å². The Morgan fingerprint density at radius 3 is 2.50 bits per heavy atom. The highest BCUT2D eigenvalue weighted by atomic mass is 14.7. The first-order chi connectivity index (χ1) is 7.77. The number of benzene rings is 2. The molecule has 0 saturated heterocycles. The van der Waals surface area contributed by atoms with Crippen LogP contribution in [0.4, 0.5) is 0 Å². The summed E-state index contributed by atoms with van der Waals surface area (Å²) in [6.07, 6.45) is 1.98. The van der Waals surface area contributed by atoms with Crippen LogP contribution in [0, 0.1) is 0 Å².